The molecule has 0 aliphatic heterocycles. The van der Waals surface area contributed by atoms with Crippen LogP contribution in [0.1, 0.15) is 17.1 Å². The predicted molar refractivity (Wildman–Crippen MR) is 67.2 cm³/mol. The minimum Gasteiger partial charge on any atom is -0.497 e. The van der Waals surface area contributed by atoms with Gasteiger partial charge in [0.25, 0.3) is 0 Å². The topological polar surface area (TPSA) is 51.4 Å². The van der Waals surface area contributed by atoms with Gasteiger partial charge in [0, 0.05) is 31.4 Å². The Kier molecular flexibility index (Phi) is 3.94. The first-order valence-corrected chi connectivity index (χ1v) is 5.77. The molecule has 0 aliphatic carbocycles. The van der Waals surface area contributed by atoms with Gasteiger partial charge >= 0.3 is 0 Å². The Morgan fingerprint density at radius 2 is 2.06 bits per heavy atom. The second-order valence-electron chi connectivity index (χ2n) is 4.29. The third-order valence-corrected chi connectivity index (χ3v) is 2.56. The lowest BCUT2D eigenvalue weighted by molar-refractivity contribution is 0.298. The molecule has 0 saturated carbocycles. The standard InChI is InChI=1S/C13H17N3O2/c1-10-6-12(15-18-10)9-16(2)8-11-7-13(17-3)4-5-14-11/h4-7H,8-9H2,1-3H3. The number of rotatable bonds is 5. The average Bonchev–Trinajstić information content (AvgIpc) is 2.74. The van der Waals surface area contributed by atoms with E-state index in [1.54, 1.807) is 13.3 Å². The van der Waals surface area contributed by atoms with Crippen molar-refractivity contribution in [2.24, 2.45) is 0 Å². The highest BCUT2D eigenvalue weighted by molar-refractivity contribution is 5.22. The van der Waals surface area contributed by atoms with Gasteiger partial charge in [0.05, 0.1) is 18.5 Å². The van der Waals surface area contributed by atoms with Crippen LogP contribution in [-0.4, -0.2) is 29.2 Å². The Hall–Kier alpha value is -1.88. The zero-order valence-electron chi connectivity index (χ0n) is 10.9. The summed E-state index contributed by atoms with van der Waals surface area (Å²) in [5.74, 6) is 1.66. The van der Waals surface area contributed by atoms with E-state index < -0.39 is 0 Å². The molecule has 2 rings (SSSR count). The number of hydrogen-bond donors (Lipinski definition) is 0. The molecule has 2 aromatic rings. The van der Waals surface area contributed by atoms with Gasteiger partial charge in [0.1, 0.15) is 11.5 Å². The first-order valence-electron chi connectivity index (χ1n) is 5.77. The summed E-state index contributed by atoms with van der Waals surface area (Å²) in [5, 5.41) is 3.97. The molecule has 0 fully saturated rings. The Morgan fingerprint density at radius 1 is 1.28 bits per heavy atom. The molecule has 18 heavy (non-hydrogen) atoms. The second kappa shape index (κ2) is 5.64. The SMILES string of the molecule is COc1ccnc(CN(C)Cc2cc(C)on2)c1. The Labute approximate surface area is 106 Å². The number of hydrogen-bond acceptors (Lipinski definition) is 5. The van der Waals surface area contributed by atoms with E-state index in [2.05, 4.69) is 15.0 Å². The molecule has 0 spiro atoms. The normalized spacial score (nSPS) is 10.9. The number of nitrogens with zero attached hydrogens (tertiary/aromatic N) is 3. The fraction of sp³-hybridized carbons (Fsp3) is 0.385. The van der Waals surface area contributed by atoms with Crippen molar-refractivity contribution in [1.82, 2.24) is 15.0 Å². The van der Waals surface area contributed by atoms with Crippen LogP contribution in [0.2, 0.25) is 0 Å². The van der Waals surface area contributed by atoms with Gasteiger partial charge < -0.3 is 9.26 Å². The maximum Gasteiger partial charge on any atom is 0.133 e. The summed E-state index contributed by atoms with van der Waals surface area (Å²) in [6, 6.07) is 5.71. The molecule has 2 aromatic heterocycles. The second-order valence-corrected chi connectivity index (χ2v) is 4.29. The largest absolute Gasteiger partial charge is 0.497 e. The highest BCUT2D eigenvalue weighted by Crippen LogP contribution is 2.12. The van der Waals surface area contributed by atoms with E-state index in [9.17, 15) is 0 Å². The Morgan fingerprint density at radius 3 is 2.72 bits per heavy atom. The van der Waals surface area contributed by atoms with Crippen LogP contribution in [-0.2, 0) is 13.1 Å². The van der Waals surface area contributed by atoms with Gasteiger partial charge in [-0.05, 0) is 20.0 Å². The number of ether oxygens (including phenoxy) is 1. The summed E-state index contributed by atoms with van der Waals surface area (Å²) < 4.78 is 10.2. The maximum absolute atomic E-state index is 5.17. The molecule has 96 valence electrons. The van der Waals surface area contributed by atoms with Crippen molar-refractivity contribution in [3.63, 3.8) is 0 Å². The predicted octanol–water partition coefficient (Wildman–Crippen LogP) is 2.02. The average molecular weight is 247 g/mol. The third kappa shape index (κ3) is 3.30. The van der Waals surface area contributed by atoms with Gasteiger partial charge in [-0.1, -0.05) is 5.16 Å². The van der Waals surface area contributed by atoms with Crippen LogP contribution in [0.25, 0.3) is 0 Å². The van der Waals surface area contributed by atoms with Gasteiger partial charge in [-0.25, -0.2) is 0 Å². The molecular formula is C13H17N3O2. The van der Waals surface area contributed by atoms with Crippen molar-refractivity contribution < 1.29 is 9.26 Å². The quantitative estimate of drug-likeness (QED) is 0.809. The Bertz CT molecular complexity index is 510. The number of aryl methyl sites for hydroxylation is 1. The van der Waals surface area contributed by atoms with Crippen LogP contribution in [0.5, 0.6) is 5.75 Å². The van der Waals surface area contributed by atoms with Gasteiger partial charge in [-0.2, -0.15) is 0 Å². The van der Waals surface area contributed by atoms with E-state index in [1.807, 2.05) is 32.2 Å². The van der Waals surface area contributed by atoms with Crippen molar-refractivity contribution in [2.75, 3.05) is 14.2 Å². The number of methoxy groups -OCH3 is 1. The molecule has 0 aliphatic rings. The van der Waals surface area contributed by atoms with Crippen LogP contribution >= 0.6 is 0 Å². The van der Waals surface area contributed by atoms with Crippen molar-refractivity contribution in [1.29, 1.82) is 0 Å². The minimum absolute atomic E-state index is 0.732. The van der Waals surface area contributed by atoms with Gasteiger partial charge in [0.15, 0.2) is 0 Å². The summed E-state index contributed by atoms with van der Waals surface area (Å²) in [5.41, 5.74) is 1.90. The molecule has 0 aromatic carbocycles. The van der Waals surface area contributed by atoms with E-state index in [0.29, 0.717) is 0 Å². The molecule has 0 N–H and O–H groups in total. The lowest BCUT2D eigenvalue weighted by Crippen LogP contribution is -2.18. The van der Waals surface area contributed by atoms with Crippen molar-refractivity contribution in [3.05, 3.63) is 41.5 Å². The smallest absolute Gasteiger partial charge is 0.133 e. The zero-order valence-corrected chi connectivity index (χ0v) is 10.9. The van der Waals surface area contributed by atoms with Crippen molar-refractivity contribution >= 4 is 0 Å². The summed E-state index contributed by atoms with van der Waals surface area (Å²) in [6.07, 6.45) is 1.75. The lowest BCUT2D eigenvalue weighted by Gasteiger charge is -2.14. The summed E-state index contributed by atoms with van der Waals surface area (Å²) >= 11 is 0. The fourth-order valence-corrected chi connectivity index (χ4v) is 1.77. The van der Waals surface area contributed by atoms with Crippen LogP contribution in [0, 0.1) is 6.92 Å². The van der Waals surface area contributed by atoms with E-state index in [4.69, 9.17) is 9.26 Å². The maximum atomic E-state index is 5.17. The van der Waals surface area contributed by atoms with Crippen LogP contribution < -0.4 is 4.74 Å². The lowest BCUT2D eigenvalue weighted by atomic mass is 10.3. The van der Waals surface area contributed by atoms with Gasteiger partial charge in [0.2, 0.25) is 0 Å². The third-order valence-electron chi connectivity index (χ3n) is 2.56. The molecule has 0 atom stereocenters. The van der Waals surface area contributed by atoms with Crippen molar-refractivity contribution in [2.45, 2.75) is 20.0 Å². The molecule has 0 unspecified atom stereocenters. The molecule has 0 radical (unpaired) electrons. The van der Waals surface area contributed by atoms with Crippen LogP contribution in [0.4, 0.5) is 0 Å². The molecule has 0 amide bonds. The summed E-state index contributed by atoms with van der Waals surface area (Å²) in [6.45, 7) is 3.36. The van der Waals surface area contributed by atoms with E-state index in [-0.39, 0.29) is 0 Å². The fourth-order valence-electron chi connectivity index (χ4n) is 1.77. The highest BCUT2D eigenvalue weighted by Gasteiger charge is 2.07. The molecule has 5 heteroatoms. The molecule has 5 nitrogen and oxygen atoms in total. The van der Waals surface area contributed by atoms with Crippen LogP contribution in [0.15, 0.2) is 28.9 Å². The zero-order chi connectivity index (χ0) is 13.0. The first kappa shape index (κ1) is 12.6. The molecule has 0 saturated heterocycles. The summed E-state index contributed by atoms with van der Waals surface area (Å²) in [7, 11) is 3.67. The van der Waals surface area contributed by atoms with Gasteiger partial charge in [-0.15, -0.1) is 0 Å². The molecule has 2 heterocycles. The van der Waals surface area contributed by atoms with E-state index >= 15 is 0 Å². The molecule has 0 bridgehead atoms. The highest BCUT2D eigenvalue weighted by atomic mass is 16.5. The number of aromatic nitrogens is 2. The minimum atomic E-state index is 0.732. The van der Waals surface area contributed by atoms with E-state index in [1.165, 1.54) is 0 Å². The van der Waals surface area contributed by atoms with Gasteiger partial charge in [-0.3, -0.25) is 9.88 Å². The Balaban J connectivity index is 1.96. The number of pyridine rings is 1. The summed E-state index contributed by atoms with van der Waals surface area (Å²) in [4.78, 5) is 6.43. The molecular weight excluding hydrogens is 230 g/mol. The van der Waals surface area contributed by atoms with E-state index in [0.717, 1.165) is 36.0 Å². The van der Waals surface area contributed by atoms with Crippen LogP contribution in [0.3, 0.4) is 0 Å². The monoisotopic (exact) mass is 247 g/mol. The van der Waals surface area contributed by atoms with Crippen molar-refractivity contribution in [3.8, 4) is 5.75 Å². The first-order chi connectivity index (χ1) is 8.67.